The van der Waals surface area contributed by atoms with Gasteiger partial charge in [-0.05, 0) is 29.8 Å². The number of carbonyl (C=O) groups is 1. The molecule has 22 heavy (non-hydrogen) atoms. The minimum absolute atomic E-state index is 0.00609. The first-order chi connectivity index (χ1) is 10.6. The van der Waals surface area contributed by atoms with Crippen molar-refractivity contribution < 1.29 is 4.79 Å². The summed E-state index contributed by atoms with van der Waals surface area (Å²) in [6.45, 7) is 0. The molecule has 2 aromatic carbocycles. The smallest absolute Gasteiger partial charge is 0.234 e. The number of rotatable bonds is 1. The number of halogens is 2. The van der Waals surface area contributed by atoms with E-state index in [1.807, 2.05) is 36.4 Å². The molecule has 1 aromatic heterocycles. The highest BCUT2D eigenvalue weighted by molar-refractivity contribution is 7.99. The third-order valence-electron chi connectivity index (χ3n) is 3.70. The molecule has 0 bridgehead atoms. The van der Waals surface area contributed by atoms with Crippen molar-refractivity contribution in [3.8, 4) is 0 Å². The quantitative estimate of drug-likeness (QED) is 0.604. The Morgan fingerprint density at radius 2 is 1.95 bits per heavy atom. The van der Waals surface area contributed by atoms with Crippen molar-refractivity contribution in [2.75, 3.05) is 0 Å². The van der Waals surface area contributed by atoms with Gasteiger partial charge >= 0.3 is 0 Å². The summed E-state index contributed by atoms with van der Waals surface area (Å²) >= 11 is 13.6. The molecule has 0 N–H and O–H groups in total. The number of carbonyl (C=O) groups excluding carboxylic acids is 1. The fourth-order valence-electron chi connectivity index (χ4n) is 2.64. The van der Waals surface area contributed by atoms with Crippen molar-refractivity contribution in [1.29, 1.82) is 0 Å². The fourth-order valence-corrected chi connectivity index (χ4v) is 4.17. The van der Waals surface area contributed by atoms with E-state index >= 15 is 0 Å². The molecular weight excluding hydrogens is 339 g/mol. The predicted molar refractivity (Wildman–Crippen MR) is 90.0 cm³/mol. The van der Waals surface area contributed by atoms with Crippen molar-refractivity contribution in [2.45, 2.75) is 16.8 Å². The second-order valence-corrected chi connectivity index (χ2v) is 7.08. The van der Waals surface area contributed by atoms with Crippen LogP contribution in [0.5, 0.6) is 0 Å². The maximum atomic E-state index is 12.5. The molecule has 3 aromatic rings. The van der Waals surface area contributed by atoms with Crippen LogP contribution in [-0.4, -0.2) is 15.5 Å². The van der Waals surface area contributed by atoms with Crippen LogP contribution in [0.25, 0.3) is 11.0 Å². The predicted octanol–water partition coefficient (Wildman–Crippen LogP) is 5.22. The van der Waals surface area contributed by atoms with Crippen LogP contribution in [0.4, 0.5) is 0 Å². The number of fused-ring (bicyclic) bond motifs is 3. The number of aromatic nitrogens is 2. The molecule has 110 valence electrons. The van der Waals surface area contributed by atoms with Crippen molar-refractivity contribution in [1.82, 2.24) is 9.55 Å². The van der Waals surface area contributed by atoms with Crippen LogP contribution in [0.15, 0.2) is 47.6 Å². The second kappa shape index (κ2) is 5.30. The molecule has 0 aliphatic carbocycles. The summed E-state index contributed by atoms with van der Waals surface area (Å²) in [6, 6.07) is 13.2. The first-order valence-corrected chi connectivity index (χ1v) is 8.39. The van der Waals surface area contributed by atoms with Crippen molar-refractivity contribution in [2.24, 2.45) is 0 Å². The highest BCUT2D eigenvalue weighted by Crippen LogP contribution is 2.43. The third kappa shape index (κ3) is 2.22. The Balaban J connectivity index is 1.78. The fraction of sp³-hybridized carbons (Fsp3) is 0.125. The van der Waals surface area contributed by atoms with E-state index in [-0.39, 0.29) is 11.2 Å². The molecule has 4 rings (SSSR count). The van der Waals surface area contributed by atoms with E-state index in [0.717, 1.165) is 21.8 Å². The van der Waals surface area contributed by atoms with E-state index in [1.54, 1.807) is 22.4 Å². The zero-order valence-corrected chi connectivity index (χ0v) is 13.6. The van der Waals surface area contributed by atoms with Crippen molar-refractivity contribution >= 4 is 51.9 Å². The van der Waals surface area contributed by atoms with Crippen molar-refractivity contribution in [3.05, 3.63) is 58.1 Å². The standard InChI is InChI=1S/C16H10Cl2N2OS/c17-10-6-5-9(7-11(10)18)14-8-15(21)20-13-4-2-1-3-12(13)19-16(20)22-14/h1-7,14H,8H2/t14-/m1/s1. The van der Waals surface area contributed by atoms with Crippen LogP contribution < -0.4 is 0 Å². The second-order valence-electron chi connectivity index (χ2n) is 5.10. The van der Waals surface area contributed by atoms with E-state index in [9.17, 15) is 4.79 Å². The maximum Gasteiger partial charge on any atom is 0.234 e. The van der Waals surface area contributed by atoms with E-state index in [2.05, 4.69) is 4.98 Å². The average molecular weight is 349 g/mol. The van der Waals surface area contributed by atoms with Crippen molar-refractivity contribution in [3.63, 3.8) is 0 Å². The average Bonchev–Trinajstić information content (AvgIpc) is 2.88. The van der Waals surface area contributed by atoms with Gasteiger partial charge in [0.1, 0.15) is 0 Å². The SMILES string of the molecule is O=C1C[C@H](c2ccc(Cl)c(Cl)c2)Sc2nc3ccccc3n21. The first-order valence-electron chi connectivity index (χ1n) is 6.76. The molecule has 0 saturated heterocycles. The van der Waals surface area contributed by atoms with Crippen LogP contribution in [0.2, 0.25) is 10.0 Å². The summed E-state index contributed by atoms with van der Waals surface area (Å²) in [6.07, 6.45) is 0.413. The van der Waals surface area contributed by atoms with Gasteiger partial charge in [-0.25, -0.2) is 4.98 Å². The van der Waals surface area contributed by atoms with Crippen LogP contribution in [0, 0.1) is 0 Å². The Morgan fingerprint density at radius 3 is 2.77 bits per heavy atom. The summed E-state index contributed by atoms with van der Waals surface area (Å²) in [7, 11) is 0. The number of imidazole rings is 1. The summed E-state index contributed by atoms with van der Waals surface area (Å²) in [4.78, 5) is 17.1. The van der Waals surface area contributed by atoms with Crippen LogP contribution in [-0.2, 0) is 0 Å². The topological polar surface area (TPSA) is 34.9 Å². The lowest BCUT2D eigenvalue weighted by Gasteiger charge is -2.22. The number of para-hydroxylation sites is 2. The Hall–Kier alpha value is -1.49. The molecule has 6 heteroatoms. The molecule has 0 saturated carbocycles. The first kappa shape index (κ1) is 14.1. The molecular formula is C16H10Cl2N2OS. The number of hydrogen-bond acceptors (Lipinski definition) is 3. The maximum absolute atomic E-state index is 12.5. The van der Waals surface area contributed by atoms with Gasteiger partial charge in [-0.2, -0.15) is 0 Å². The van der Waals surface area contributed by atoms with Gasteiger partial charge in [0.25, 0.3) is 0 Å². The summed E-state index contributed by atoms with van der Waals surface area (Å²) in [5.41, 5.74) is 2.70. The summed E-state index contributed by atoms with van der Waals surface area (Å²) in [5, 5.41) is 1.76. The van der Waals surface area contributed by atoms with Gasteiger partial charge in [-0.15, -0.1) is 0 Å². The highest BCUT2D eigenvalue weighted by atomic mass is 35.5. The molecule has 0 spiro atoms. The van der Waals surface area contributed by atoms with Gasteiger partial charge in [-0.3, -0.25) is 9.36 Å². The largest absolute Gasteiger partial charge is 0.274 e. The number of thioether (sulfide) groups is 1. The Bertz CT molecular complexity index is 906. The molecule has 0 amide bonds. The molecule has 1 aliphatic heterocycles. The number of nitrogens with zero attached hydrogens (tertiary/aromatic N) is 2. The van der Waals surface area contributed by atoms with Gasteiger partial charge in [-0.1, -0.05) is 53.2 Å². The lowest BCUT2D eigenvalue weighted by Crippen LogP contribution is -2.19. The van der Waals surface area contributed by atoms with Gasteiger partial charge in [0.2, 0.25) is 5.91 Å². The summed E-state index contributed by atoms with van der Waals surface area (Å²) in [5.74, 6) is 0.0542. The lowest BCUT2D eigenvalue weighted by molar-refractivity contribution is 0.0891. The van der Waals surface area contributed by atoms with E-state index in [4.69, 9.17) is 23.2 Å². The Kier molecular flexibility index (Phi) is 3.40. The zero-order chi connectivity index (χ0) is 15.3. The Labute approximate surface area is 141 Å². The molecule has 2 heterocycles. The lowest BCUT2D eigenvalue weighted by atomic mass is 10.1. The molecule has 3 nitrogen and oxygen atoms in total. The van der Waals surface area contributed by atoms with Gasteiger partial charge in [0.15, 0.2) is 5.16 Å². The monoisotopic (exact) mass is 348 g/mol. The normalized spacial score (nSPS) is 17.7. The van der Waals surface area contributed by atoms with Gasteiger partial charge in [0.05, 0.1) is 21.1 Å². The minimum Gasteiger partial charge on any atom is -0.274 e. The number of hydrogen-bond donors (Lipinski definition) is 0. The van der Waals surface area contributed by atoms with Crippen LogP contribution in [0.3, 0.4) is 0 Å². The zero-order valence-electron chi connectivity index (χ0n) is 11.3. The van der Waals surface area contributed by atoms with Gasteiger partial charge in [0, 0.05) is 11.7 Å². The van der Waals surface area contributed by atoms with E-state index in [0.29, 0.717) is 16.5 Å². The van der Waals surface area contributed by atoms with Crippen LogP contribution >= 0.6 is 35.0 Å². The van der Waals surface area contributed by atoms with E-state index < -0.39 is 0 Å². The number of benzene rings is 2. The van der Waals surface area contributed by atoms with Crippen LogP contribution in [0.1, 0.15) is 22.0 Å². The van der Waals surface area contributed by atoms with Gasteiger partial charge < -0.3 is 0 Å². The minimum atomic E-state index is 0.00609. The molecule has 1 atom stereocenters. The van der Waals surface area contributed by atoms with E-state index in [1.165, 1.54) is 0 Å². The molecule has 0 unspecified atom stereocenters. The third-order valence-corrected chi connectivity index (χ3v) is 5.65. The summed E-state index contributed by atoms with van der Waals surface area (Å²) < 4.78 is 1.70. The highest BCUT2D eigenvalue weighted by Gasteiger charge is 2.29. The molecule has 0 fully saturated rings. The Morgan fingerprint density at radius 1 is 1.14 bits per heavy atom. The molecule has 0 radical (unpaired) electrons. The molecule has 1 aliphatic rings.